The van der Waals surface area contributed by atoms with E-state index in [0.717, 1.165) is 97.1 Å². The Balaban J connectivity index is 1.35. The summed E-state index contributed by atoms with van der Waals surface area (Å²) in [4.78, 5) is 18.5. The van der Waals surface area contributed by atoms with Gasteiger partial charge in [-0.25, -0.2) is 4.58 Å². The molecule has 2 heterocycles. The van der Waals surface area contributed by atoms with Gasteiger partial charge in [-0.15, -0.1) is 0 Å². The molecule has 10 unspecified atom stereocenters. The molecule has 2 N–H and O–H groups in total. The topological polar surface area (TPSA) is 58.8 Å². The molecule has 0 spiro atoms. The number of piperazine rings is 1. The summed E-state index contributed by atoms with van der Waals surface area (Å²) >= 11 is 0. The fourth-order valence-corrected chi connectivity index (χ4v) is 14.4. The molecule has 0 radical (unpaired) electrons. The van der Waals surface area contributed by atoms with E-state index in [9.17, 15) is 9.90 Å². The van der Waals surface area contributed by atoms with E-state index in [0.29, 0.717) is 36.7 Å². The number of fused-ring (bicyclic) bond motifs is 3. The zero-order valence-electron chi connectivity index (χ0n) is 41.5. The van der Waals surface area contributed by atoms with E-state index in [2.05, 4.69) is 124 Å². The third-order valence-corrected chi connectivity index (χ3v) is 18.1. The van der Waals surface area contributed by atoms with Crippen molar-refractivity contribution in [3.05, 3.63) is 95.8 Å². The molecule has 2 bridgehead atoms. The Kier molecular flexibility index (Phi) is 16.5. The molecule has 5 aliphatic rings. The molecular formula is C57H89N4O2+. The van der Waals surface area contributed by atoms with Crippen molar-refractivity contribution in [1.29, 1.82) is 0 Å². The number of benzene rings is 1. The smallest absolute Gasteiger partial charge is 0.171 e. The highest BCUT2D eigenvalue weighted by atomic mass is 16.3. The number of hydrogen-bond donors (Lipinski definition) is 2. The van der Waals surface area contributed by atoms with Crippen LogP contribution in [0.25, 0.3) is 0 Å². The molecule has 3 aliphatic carbocycles. The average molecular weight is 862 g/mol. The molecule has 1 aromatic carbocycles. The van der Waals surface area contributed by atoms with E-state index in [-0.39, 0.29) is 45.9 Å². The number of allylic oxidation sites excluding steroid dienone is 4. The van der Waals surface area contributed by atoms with Crippen LogP contribution in [0.3, 0.4) is 0 Å². The van der Waals surface area contributed by atoms with Crippen LogP contribution in [0.15, 0.2) is 90.2 Å². The third kappa shape index (κ3) is 10.0. The quantitative estimate of drug-likeness (QED) is 0.0875. The molecule has 1 saturated heterocycles. The van der Waals surface area contributed by atoms with Gasteiger partial charge in [-0.1, -0.05) is 119 Å². The van der Waals surface area contributed by atoms with Crippen LogP contribution in [-0.2, 0) is 4.79 Å². The highest BCUT2D eigenvalue weighted by Gasteiger charge is 2.65. The highest BCUT2D eigenvalue weighted by Crippen LogP contribution is 2.67. The van der Waals surface area contributed by atoms with Gasteiger partial charge in [0.05, 0.1) is 11.3 Å². The molecule has 2 aliphatic heterocycles. The largest absolute Gasteiger partial charge is 0.396 e. The van der Waals surface area contributed by atoms with Crippen LogP contribution in [0.5, 0.6) is 0 Å². The van der Waals surface area contributed by atoms with Crippen molar-refractivity contribution < 1.29 is 14.5 Å². The van der Waals surface area contributed by atoms with Crippen molar-refractivity contribution in [2.75, 3.05) is 52.9 Å². The number of rotatable bonds is 18. The molecular weight excluding hydrogens is 773 g/mol. The number of nitrogens with zero attached hydrogens (tertiary/aromatic N) is 3. The Morgan fingerprint density at radius 2 is 1.75 bits per heavy atom. The lowest BCUT2D eigenvalue weighted by Gasteiger charge is -2.62. The van der Waals surface area contributed by atoms with E-state index in [4.69, 9.17) is 19.7 Å². The van der Waals surface area contributed by atoms with Crippen LogP contribution in [0.4, 0.5) is 0 Å². The van der Waals surface area contributed by atoms with Gasteiger partial charge >= 0.3 is 0 Å². The van der Waals surface area contributed by atoms with E-state index < -0.39 is 0 Å². The maximum atomic E-state index is 13.3. The fourth-order valence-electron chi connectivity index (χ4n) is 14.4. The minimum absolute atomic E-state index is 0.0438. The van der Waals surface area contributed by atoms with Gasteiger partial charge in [0.15, 0.2) is 5.54 Å². The van der Waals surface area contributed by atoms with E-state index in [1.54, 1.807) is 6.92 Å². The molecule has 6 rings (SSSR count). The first kappa shape index (κ1) is 49.4. The van der Waals surface area contributed by atoms with Gasteiger partial charge in [-0.3, -0.25) is 9.69 Å². The summed E-state index contributed by atoms with van der Waals surface area (Å²) in [7, 11) is 2.11. The van der Waals surface area contributed by atoms with Crippen molar-refractivity contribution in [3.8, 4) is 0 Å². The van der Waals surface area contributed by atoms with E-state index in [1.165, 1.54) is 46.4 Å². The van der Waals surface area contributed by atoms with Gasteiger partial charge in [0.1, 0.15) is 18.5 Å². The first-order valence-electron chi connectivity index (χ1n) is 25.4. The molecule has 1 aromatic rings. The number of aliphatic hydroxyl groups excluding tert-OH is 1. The van der Waals surface area contributed by atoms with Crippen molar-refractivity contribution in [3.63, 3.8) is 0 Å². The molecule has 0 aromatic heterocycles. The number of aliphatic hydroxyl groups is 1. The zero-order chi connectivity index (χ0) is 45.7. The number of carbonyl (C=O) groups is 1. The average Bonchev–Trinajstić information content (AvgIpc) is 3.50. The summed E-state index contributed by atoms with van der Waals surface area (Å²) in [5.41, 5.74) is 7.87. The standard InChI is InChI=1S/C57H89N4O2/c1-13-49-41(3)34-43(5)56(11)46(8)51(37-45(7)63)53-40(2)25-26-57(38-52(49)56,55(53,9)10)61-28-20-18-22-47(39-61)35-42(4)50(54(58-12)48-23-16-14-17-24-48)36-44(6)60-31-29-59(30-32-60)27-19-15-21-33-62/h14,16-18,22-24,39,41,43,47,49-52,54,58,62H,4,6,8,13,15,19-21,25-38H2,1-3,5,7,9-12H3/q+1. The fraction of sp³-hybridized carbons (Fsp3) is 0.684. The van der Waals surface area contributed by atoms with Crippen molar-refractivity contribution >= 4 is 12.0 Å². The predicted molar refractivity (Wildman–Crippen MR) is 266 cm³/mol. The van der Waals surface area contributed by atoms with Gasteiger partial charge in [-0.2, -0.15) is 0 Å². The Labute approximate surface area is 385 Å². The van der Waals surface area contributed by atoms with Crippen molar-refractivity contribution in [1.82, 2.24) is 15.1 Å². The van der Waals surface area contributed by atoms with Crippen molar-refractivity contribution in [2.45, 2.75) is 144 Å². The minimum Gasteiger partial charge on any atom is -0.396 e. The van der Waals surface area contributed by atoms with Gasteiger partial charge < -0.3 is 15.3 Å². The molecule has 10 atom stereocenters. The first-order valence-corrected chi connectivity index (χ1v) is 25.4. The summed E-state index contributed by atoms with van der Waals surface area (Å²) in [5, 5.41) is 13.0. The lowest BCUT2D eigenvalue weighted by Crippen LogP contribution is -2.63. The second-order valence-corrected chi connectivity index (χ2v) is 21.9. The van der Waals surface area contributed by atoms with E-state index >= 15 is 0 Å². The van der Waals surface area contributed by atoms with Crippen LogP contribution in [0, 0.1) is 52.3 Å². The Morgan fingerprint density at radius 1 is 1.03 bits per heavy atom. The normalized spacial score (nSPS) is 32.2. The van der Waals surface area contributed by atoms with Crippen molar-refractivity contribution in [2.24, 2.45) is 52.3 Å². The summed E-state index contributed by atoms with van der Waals surface area (Å²) in [6.07, 6.45) is 19.9. The maximum absolute atomic E-state index is 13.3. The second-order valence-electron chi connectivity index (χ2n) is 21.9. The van der Waals surface area contributed by atoms with Crippen LogP contribution in [0.1, 0.15) is 144 Å². The first-order chi connectivity index (χ1) is 30.0. The van der Waals surface area contributed by atoms with Gasteiger partial charge in [0, 0.05) is 82.0 Å². The second kappa shape index (κ2) is 21.1. The zero-order valence-corrected chi connectivity index (χ0v) is 41.5. The Morgan fingerprint density at radius 3 is 2.40 bits per heavy atom. The van der Waals surface area contributed by atoms with Gasteiger partial charge in [0.25, 0.3) is 0 Å². The van der Waals surface area contributed by atoms with Gasteiger partial charge in [-0.05, 0) is 121 Å². The lowest BCUT2D eigenvalue weighted by atomic mass is 9.42. The van der Waals surface area contributed by atoms with Crippen LogP contribution >= 0.6 is 0 Å². The highest BCUT2D eigenvalue weighted by molar-refractivity contribution is 5.77. The summed E-state index contributed by atoms with van der Waals surface area (Å²) < 4.78 is 2.89. The number of Topliss-reactive ketones (excluding diaryl/α,β-unsaturated/α-hetero) is 1. The summed E-state index contributed by atoms with van der Waals surface area (Å²) in [6.45, 7) is 40.7. The molecule has 0 amide bonds. The molecule has 6 heteroatoms. The molecule has 63 heavy (non-hydrogen) atoms. The number of carbonyl (C=O) groups excluding carboxylic acids is 1. The maximum Gasteiger partial charge on any atom is 0.171 e. The number of nitrogens with one attached hydrogen (secondary N) is 1. The van der Waals surface area contributed by atoms with E-state index in [1.807, 2.05) is 0 Å². The minimum atomic E-state index is -0.154. The SMILES string of the molecule is C=C(CC1C=CCC[N+](C23CCC(C)=C(C(CC(C)=O)C(=C)C4(C)C(C)CC(C)C(CC)C4C2)C3(C)C)=C1)C(CC(=C)N1CCN(CCCCCO)CC1)C(NC)c1ccccc1. The Bertz CT molecular complexity index is 1870. The molecule has 348 valence electrons. The third-order valence-electron chi connectivity index (χ3n) is 18.1. The van der Waals surface area contributed by atoms with Gasteiger partial charge in [0.2, 0.25) is 0 Å². The monoisotopic (exact) mass is 862 g/mol. The number of ketones is 1. The van der Waals surface area contributed by atoms with Crippen LogP contribution in [0.2, 0.25) is 0 Å². The number of hydrogen-bond acceptors (Lipinski definition) is 5. The van der Waals surface area contributed by atoms with Crippen LogP contribution in [-0.4, -0.2) is 89.9 Å². The lowest BCUT2D eigenvalue weighted by molar-refractivity contribution is -0.628. The molecule has 2 saturated carbocycles. The summed E-state index contributed by atoms with van der Waals surface area (Å²) in [6, 6.07) is 11.1. The number of unbranched alkanes of at least 4 members (excludes halogenated alkanes) is 2. The predicted octanol–water partition coefficient (Wildman–Crippen LogP) is 11.6. The summed E-state index contributed by atoms with van der Waals surface area (Å²) in [5.74, 6) is 3.04. The molecule has 3 fully saturated rings. The Hall–Kier alpha value is -3.06. The van der Waals surface area contributed by atoms with Crippen LogP contribution < -0.4 is 5.32 Å². The molecule has 6 nitrogen and oxygen atoms in total.